The summed E-state index contributed by atoms with van der Waals surface area (Å²) in [6.07, 6.45) is 2.29. The van der Waals surface area contributed by atoms with Gasteiger partial charge in [0, 0.05) is 6.54 Å². The molecular formula is C6H13NO3S. The first-order chi connectivity index (χ1) is 5.08. The molecule has 1 heterocycles. The quantitative estimate of drug-likeness (QED) is 0.618. The fourth-order valence-electron chi connectivity index (χ4n) is 1.25. The molecule has 0 radical (unpaired) electrons. The number of hydrogen-bond donors (Lipinski definition) is 1. The van der Waals surface area contributed by atoms with Gasteiger partial charge in [-0.15, -0.1) is 0 Å². The molecule has 11 heavy (non-hydrogen) atoms. The number of likely N-dealkylation sites (tertiary alicyclic amines) is 1. The molecule has 0 spiro atoms. The summed E-state index contributed by atoms with van der Waals surface area (Å²) in [6, 6.07) is 0. The largest absolute Gasteiger partial charge is 0.302 e. The zero-order chi connectivity index (χ0) is 8.32. The van der Waals surface area contributed by atoms with Crippen molar-refractivity contribution in [1.82, 2.24) is 4.90 Å². The van der Waals surface area contributed by atoms with Crippen LogP contribution >= 0.6 is 0 Å². The highest BCUT2D eigenvalue weighted by Crippen LogP contribution is 2.06. The van der Waals surface area contributed by atoms with Gasteiger partial charge in [-0.1, -0.05) is 0 Å². The fourth-order valence-corrected chi connectivity index (χ4v) is 1.74. The van der Waals surface area contributed by atoms with Gasteiger partial charge < -0.3 is 4.90 Å². The van der Waals surface area contributed by atoms with Crippen molar-refractivity contribution < 1.29 is 13.0 Å². The van der Waals surface area contributed by atoms with Crippen LogP contribution in [0.1, 0.15) is 12.8 Å². The van der Waals surface area contributed by atoms with E-state index in [1.54, 1.807) is 0 Å². The molecule has 0 bridgehead atoms. The van der Waals surface area contributed by atoms with Crippen LogP contribution in [0.5, 0.6) is 0 Å². The average Bonchev–Trinajstić information content (AvgIpc) is 2.32. The van der Waals surface area contributed by atoms with E-state index in [9.17, 15) is 8.42 Å². The van der Waals surface area contributed by atoms with Gasteiger partial charge in [0.2, 0.25) is 0 Å². The van der Waals surface area contributed by atoms with Crippen molar-refractivity contribution in [3.63, 3.8) is 0 Å². The first-order valence-electron chi connectivity index (χ1n) is 3.75. The Morgan fingerprint density at radius 1 is 1.27 bits per heavy atom. The van der Waals surface area contributed by atoms with Crippen LogP contribution < -0.4 is 0 Å². The molecule has 1 fully saturated rings. The summed E-state index contributed by atoms with van der Waals surface area (Å²) in [4.78, 5) is 2.05. The molecule has 0 aromatic rings. The molecule has 0 unspecified atom stereocenters. The Morgan fingerprint density at radius 2 is 1.82 bits per heavy atom. The van der Waals surface area contributed by atoms with Crippen molar-refractivity contribution in [3.05, 3.63) is 0 Å². The first kappa shape index (κ1) is 8.96. The maximum Gasteiger partial charge on any atom is 0.266 e. The summed E-state index contributed by atoms with van der Waals surface area (Å²) in [6.45, 7) is 2.41. The zero-order valence-electron chi connectivity index (χ0n) is 6.36. The number of rotatable bonds is 3. The third kappa shape index (κ3) is 3.69. The van der Waals surface area contributed by atoms with Gasteiger partial charge in [-0.05, 0) is 25.9 Å². The van der Waals surface area contributed by atoms with Crippen LogP contribution in [0.15, 0.2) is 0 Å². The molecule has 1 saturated heterocycles. The molecule has 1 N–H and O–H groups in total. The molecule has 0 saturated carbocycles. The minimum atomic E-state index is -3.75. The van der Waals surface area contributed by atoms with Gasteiger partial charge in [0.15, 0.2) is 0 Å². The number of hydrogen-bond acceptors (Lipinski definition) is 3. The Hall–Kier alpha value is -0.130. The highest BCUT2D eigenvalue weighted by molar-refractivity contribution is 7.85. The molecule has 0 aromatic carbocycles. The van der Waals surface area contributed by atoms with E-state index in [0.717, 1.165) is 25.9 Å². The van der Waals surface area contributed by atoms with Crippen LogP contribution in [0, 0.1) is 0 Å². The molecular weight excluding hydrogens is 166 g/mol. The van der Waals surface area contributed by atoms with E-state index in [-0.39, 0.29) is 5.75 Å². The lowest BCUT2D eigenvalue weighted by Gasteiger charge is -2.11. The minimum absolute atomic E-state index is 0.132. The third-order valence-electron chi connectivity index (χ3n) is 1.86. The van der Waals surface area contributed by atoms with Crippen molar-refractivity contribution in [2.24, 2.45) is 0 Å². The lowest BCUT2D eigenvalue weighted by Crippen LogP contribution is -2.26. The van der Waals surface area contributed by atoms with E-state index in [0.29, 0.717) is 6.54 Å². The molecule has 1 rings (SSSR count). The maximum absolute atomic E-state index is 10.3. The Balaban J connectivity index is 2.22. The van der Waals surface area contributed by atoms with Crippen LogP contribution in [-0.4, -0.2) is 43.3 Å². The second kappa shape index (κ2) is 3.51. The highest BCUT2D eigenvalue weighted by Gasteiger charge is 2.13. The van der Waals surface area contributed by atoms with Gasteiger partial charge in [-0.3, -0.25) is 4.55 Å². The predicted octanol–water partition coefficient (Wildman–Crippen LogP) is -0.0300. The Kier molecular flexibility index (Phi) is 2.86. The summed E-state index contributed by atoms with van der Waals surface area (Å²) >= 11 is 0. The van der Waals surface area contributed by atoms with Crippen molar-refractivity contribution in [2.75, 3.05) is 25.4 Å². The molecule has 66 valence electrons. The molecule has 0 atom stereocenters. The van der Waals surface area contributed by atoms with Gasteiger partial charge in [-0.2, -0.15) is 8.42 Å². The van der Waals surface area contributed by atoms with Crippen molar-refractivity contribution in [1.29, 1.82) is 0 Å². The van der Waals surface area contributed by atoms with E-state index in [1.165, 1.54) is 0 Å². The summed E-state index contributed by atoms with van der Waals surface area (Å²) in [5.74, 6) is -0.132. The lowest BCUT2D eigenvalue weighted by atomic mass is 10.4. The maximum atomic E-state index is 10.3. The Morgan fingerprint density at radius 3 is 2.27 bits per heavy atom. The monoisotopic (exact) mass is 179 g/mol. The van der Waals surface area contributed by atoms with Gasteiger partial charge in [0.05, 0.1) is 5.75 Å². The van der Waals surface area contributed by atoms with Crippen LogP contribution in [0.25, 0.3) is 0 Å². The summed E-state index contributed by atoms with van der Waals surface area (Å²) in [5.41, 5.74) is 0. The second-order valence-corrected chi connectivity index (χ2v) is 4.41. The van der Waals surface area contributed by atoms with Gasteiger partial charge >= 0.3 is 0 Å². The molecule has 5 heteroatoms. The normalized spacial score (nSPS) is 20.8. The molecule has 1 aliphatic heterocycles. The standard InChI is InChI=1S/C6H13NO3S/c8-11(9,10)6-5-7-3-1-2-4-7/h1-6H2,(H,8,9,10). The second-order valence-electron chi connectivity index (χ2n) is 2.83. The molecule has 0 amide bonds. The van der Waals surface area contributed by atoms with Gasteiger partial charge in [0.1, 0.15) is 0 Å². The van der Waals surface area contributed by atoms with E-state index in [2.05, 4.69) is 0 Å². The van der Waals surface area contributed by atoms with Crippen molar-refractivity contribution >= 4 is 10.1 Å². The molecule has 4 nitrogen and oxygen atoms in total. The lowest BCUT2D eigenvalue weighted by molar-refractivity contribution is 0.354. The fraction of sp³-hybridized carbons (Fsp3) is 1.00. The highest BCUT2D eigenvalue weighted by atomic mass is 32.2. The van der Waals surface area contributed by atoms with Crippen LogP contribution in [-0.2, 0) is 10.1 Å². The predicted molar refractivity (Wildman–Crippen MR) is 42.1 cm³/mol. The van der Waals surface area contributed by atoms with E-state index < -0.39 is 10.1 Å². The molecule has 1 aliphatic rings. The van der Waals surface area contributed by atoms with Crippen molar-refractivity contribution in [3.8, 4) is 0 Å². The van der Waals surface area contributed by atoms with Gasteiger partial charge in [-0.25, -0.2) is 0 Å². The van der Waals surface area contributed by atoms with Crippen molar-refractivity contribution in [2.45, 2.75) is 12.8 Å². The van der Waals surface area contributed by atoms with Crippen LogP contribution in [0.4, 0.5) is 0 Å². The molecule has 0 aliphatic carbocycles. The topological polar surface area (TPSA) is 57.6 Å². The summed E-state index contributed by atoms with van der Waals surface area (Å²) in [7, 11) is -3.75. The van der Waals surface area contributed by atoms with Crippen LogP contribution in [0.2, 0.25) is 0 Å². The Bertz CT molecular complexity index is 206. The average molecular weight is 179 g/mol. The summed E-state index contributed by atoms with van der Waals surface area (Å²) in [5, 5.41) is 0. The molecule has 0 aromatic heterocycles. The van der Waals surface area contributed by atoms with E-state index in [4.69, 9.17) is 4.55 Å². The number of nitrogens with zero attached hydrogens (tertiary/aromatic N) is 1. The summed E-state index contributed by atoms with van der Waals surface area (Å²) < 4.78 is 29.1. The smallest absolute Gasteiger partial charge is 0.266 e. The SMILES string of the molecule is O=S(=O)(O)CCN1CCCC1. The zero-order valence-corrected chi connectivity index (χ0v) is 7.18. The van der Waals surface area contributed by atoms with Crippen LogP contribution in [0.3, 0.4) is 0 Å². The van der Waals surface area contributed by atoms with E-state index >= 15 is 0 Å². The van der Waals surface area contributed by atoms with Gasteiger partial charge in [0.25, 0.3) is 10.1 Å². The first-order valence-corrected chi connectivity index (χ1v) is 5.36. The minimum Gasteiger partial charge on any atom is -0.302 e. The third-order valence-corrected chi connectivity index (χ3v) is 2.56. The van der Waals surface area contributed by atoms with E-state index in [1.807, 2.05) is 4.90 Å². The Labute approximate surface area is 66.9 Å².